The number of fused-ring (bicyclic) bond motifs is 3. The van der Waals surface area contributed by atoms with Crippen LogP contribution >= 0.6 is 11.8 Å². The number of amides is 1. The molecule has 51 heavy (non-hydrogen) atoms. The summed E-state index contributed by atoms with van der Waals surface area (Å²) in [4.78, 5) is 56.7. The maximum Gasteiger partial charge on any atom is 0.407 e. The fourth-order valence-electron chi connectivity index (χ4n) is 6.38. The number of carbonyl (C=O) groups is 4. The van der Waals surface area contributed by atoms with E-state index in [0.717, 1.165) is 40.1 Å². The molecule has 2 aromatic carbocycles. The number of benzene rings is 2. The van der Waals surface area contributed by atoms with Gasteiger partial charge in [0.2, 0.25) is 0 Å². The largest absolute Gasteiger partial charge is 0.511 e. The number of aliphatic hydroxyl groups excluding tert-OH is 1. The Hall–Kier alpha value is -3.90. The van der Waals surface area contributed by atoms with Gasteiger partial charge in [0.25, 0.3) is 0 Å². The third-order valence-electron chi connectivity index (χ3n) is 8.92. The number of aliphatic hydroxyl groups is 1. The molecule has 0 heterocycles. The lowest BCUT2D eigenvalue weighted by Gasteiger charge is -2.30. The number of alkyl carbamates (subject to hydrolysis) is 1. The van der Waals surface area contributed by atoms with Crippen LogP contribution in [-0.4, -0.2) is 84.6 Å². The van der Waals surface area contributed by atoms with E-state index >= 15 is 0 Å². The zero-order valence-electron chi connectivity index (χ0n) is 30.8. The van der Waals surface area contributed by atoms with E-state index in [4.69, 9.17) is 14.5 Å². The number of rotatable bonds is 16. The number of nitrogens with one attached hydrogen (secondary N) is 1. The first-order chi connectivity index (χ1) is 24.0. The number of aliphatic imine (C=N–C) groups is 1. The number of ether oxygens (including phenoxy) is 2. The third kappa shape index (κ3) is 11.0. The Bertz CT molecular complexity index is 1630. The smallest absolute Gasteiger partial charge is 0.407 e. The predicted molar refractivity (Wildman–Crippen MR) is 204 cm³/mol. The highest BCUT2D eigenvalue weighted by Gasteiger charge is 2.36. The van der Waals surface area contributed by atoms with Gasteiger partial charge in [0.05, 0.1) is 17.9 Å². The van der Waals surface area contributed by atoms with Crippen molar-refractivity contribution in [1.29, 1.82) is 0 Å². The molecular weight excluding hydrogens is 685 g/mol. The summed E-state index contributed by atoms with van der Waals surface area (Å²) in [5.41, 5.74) is 4.36. The normalized spacial score (nSPS) is 17.1. The van der Waals surface area contributed by atoms with Crippen molar-refractivity contribution < 1.29 is 38.9 Å². The molecule has 1 amide bonds. The minimum absolute atomic E-state index is 0.0348. The molecule has 3 N–H and O–H groups in total. The Morgan fingerprint density at radius 1 is 0.980 bits per heavy atom. The number of hydrogen-bond donors (Lipinski definition) is 3. The first-order valence-corrected chi connectivity index (χ1v) is 22.4. The van der Waals surface area contributed by atoms with E-state index < -0.39 is 43.6 Å². The number of carboxylic acid groups (broad SMARTS) is 1. The van der Waals surface area contributed by atoms with Gasteiger partial charge in [-0.1, -0.05) is 95.9 Å². The summed E-state index contributed by atoms with van der Waals surface area (Å²) in [6.07, 6.45) is 0.0553. The fourth-order valence-corrected chi connectivity index (χ4v) is 8.12. The molecule has 0 unspecified atom stereocenters. The number of thioether (sulfide) groups is 1. The molecule has 10 nitrogen and oxygen atoms in total. The van der Waals surface area contributed by atoms with Gasteiger partial charge >= 0.3 is 18.0 Å². The lowest BCUT2D eigenvalue weighted by Crippen LogP contribution is -2.43. The summed E-state index contributed by atoms with van der Waals surface area (Å²) in [6, 6.07) is 14.3. The zero-order valence-corrected chi connectivity index (χ0v) is 32.6. The SMILES string of the molecule is CC(C)CC(=N[C@H](CSC[C@H](NC(=O)OCC1c2ccccc2-c2ccccc21)C(=O)O)C(=O)OCC[Si](C)(C)C)C1=C(O)CC(C)(C)CC1=O. The number of Topliss-reactive ketones (excluding diaryl/α,β-unsaturated/α-hetero) is 1. The van der Waals surface area contributed by atoms with Crippen LogP contribution in [0.3, 0.4) is 0 Å². The molecule has 0 aromatic heterocycles. The predicted octanol–water partition coefficient (Wildman–Crippen LogP) is 7.65. The molecule has 0 aliphatic heterocycles. The van der Waals surface area contributed by atoms with E-state index in [1.807, 2.05) is 76.2 Å². The van der Waals surface area contributed by atoms with Gasteiger partial charge in [-0.3, -0.25) is 9.79 Å². The third-order valence-corrected chi connectivity index (χ3v) is 11.7. The molecule has 0 fully saturated rings. The molecule has 0 saturated heterocycles. The standard InChI is InChI=1S/C39H52N2O8SSi/c1-24(2)18-30(35-33(42)19-39(3,4)20-34(35)43)40-32(37(46)48-16-17-51(5,6)7)23-50-22-31(36(44)45)41-38(47)49-21-29-27-14-10-8-12-25(27)26-13-9-11-15-28(26)29/h8-15,24,29,31-32,42H,16-23H2,1-7H3,(H,41,47)(H,44,45)/t31-,32+/m0/s1. The number of esters is 1. The summed E-state index contributed by atoms with van der Waals surface area (Å²) in [7, 11) is -1.51. The van der Waals surface area contributed by atoms with Gasteiger partial charge in [-0.25, -0.2) is 14.4 Å². The van der Waals surface area contributed by atoms with Gasteiger partial charge in [-0.05, 0) is 46.1 Å². The van der Waals surface area contributed by atoms with Gasteiger partial charge in [-0.15, -0.1) is 0 Å². The van der Waals surface area contributed by atoms with Crippen molar-refractivity contribution in [3.8, 4) is 11.1 Å². The summed E-state index contributed by atoms with van der Waals surface area (Å²) in [5.74, 6) is -2.23. The van der Waals surface area contributed by atoms with Crippen LogP contribution < -0.4 is 5.32 Å². The second-order valence-electron chi connectivity index (χ2n) is 15.8. The van der Waals surface area contributed by atoms with Crippen molar-refractivity contribution in [2.45, 2.75) is 90.6 Å². The number of carboxylic acids is 1. The molecule has 4 rings (SSSR count). The number of nitrogens with zero attached hydrogens (tertiary/aromatic N) is 1. The highest BCUT2D eigenvalue weighted by atomic mass is 32.2. The van der Waals surface area contributed by atoms with E-state index in [9.17, 15) is 29.4 Å². The number of ketones is 1. The van der Waals surface area contributed by atoms with Crippen molar-refractivity contribution >= 4 is 49.4 Å². The van der Waals surface area contributed by atoms with E-state index in [-0.39, 0.29) is 60.1 Å². The number of hydrogen-bond acceptors (Lipinski definition) is 9. The number of allylic oxidation sites excluding steroid dienone is 2. The van der Waals surface area contributed by atoms with Crippen LogP contribution in [0.25, 0.3) is 11.1 Å². The molecule has 2 aliphatic carbocycles. The summed E-state index contributed by atoms with van der Waals surface area (Å²) in [6.45, 7) is 14.6. The maximum atomic E-state index is 13.5. The van der Waals surface area contributed by atoms with Crippen molar-refractivity contribution in [3.05, 3.63) is 71.0 Å². The quantitative estimate of drug-likeness (QED) is 0.0897. The lowest BCUT2D eigenvalue weighted by atomic mass is 9.75. The summed E-state index contributed by atoms with van der Waals surface area (Å²) >= 11 is 1.13. The first kappa shape index (κ1) is 39.9. The Kier molecular flexibility index (Phi) is 13.4. The molecule has 0 saturated carbocycles. The molecule has 12 heteroatoms. The Morgan fingerprint density at radius 2 is 1.59 bits per heavy atom. The minimum atomic E-state index is -1.51. The average molecular weight is 737 g/mol. The highest BCUT2D eigenvalue weighted by Crippen LogP contribution is 2.44. The van der Waals surface area contributed by atoms with Crippen LogP contribution in [0, 0.1) is 11.3 Å². The summed E-state index contributed by atoms with van der Waals surface area (Å²) in [5, 5.41) is 23.4. The van der Waals surface area contributed by atoms with Crippen LogP contribution in [0.2, 0.25) is 25.7 Å². The fraction of sp³-hybridized carbons (Fsp3) is 0.513. The molecule has 0 radical (unpaired) electrons. The van der Waals surface area contributed by atoms with Crippen molar-refractivity contribution in [2.24, 2.45) is 16.3 Å². The topological polar surface area (TPSA) is 152 Å². The van der Waals surface area contributed by atoms with Gasteiger partial charge < -0.3 is 25.0 Å². The highest BCUT2D eigenvalue weighted by molar-refractivity contribution is 7.99. The molecule has 276 valence electrons. The molecule has 2 aliphatic rings. The van der Waals surface area contributed by atoms with Gasteiger partial charge in [-0.2, -0.15) is 11.8 Å². The van der Waals surface area contributed by atoms with Crippen LogP contribution in [0.5, 0.6) is 0 Å². The second kappa shape index (κ2) is 17.1. The molecule has 0 bridgehead atoms. The molecule has 0 spiro atoms. The van der Waals surface area contributed by atoms with Crippen LogP contribution in [0.1, 0.15) is 64.0 Å². The van der Waals surface area contributed by atoms with Crippen LogP contribution in [0.4, 0.5) is 4.79 Å². The lowest BCUT2D eigenvalue weighted by molar-refractivity contribution is -0.144. The summed E-state index contributed by atoms with van der Waals surface area (Å²) < 4.78 is 11.2. The average Bonchev–Trinajstić information content (AvgIpc) is 3.34. The van der Waals surface area contributed by atoms with Crippen LogP contribution in [-0.2, 0) is 23.9 Å². The van der Waals surface area contributed by atoms with E-state index in [2.05, 4.69) is 25.0 Å². The number of aliphatic carboxylic acids is 1. The van der Waals surface area contributed by atoms with Crippen LogP contribution in [0.15, 0.2) is 64.9 Å². The van der Waals surface area contributed by atoms with Crippen molar-refractivity contribution in [2.75, 3.05) is 24.7 Å². The maximum absolute atomic E-state index is 13.5. The zero-order chi connectivity index (χ0) is 37.5. The second-order valence-corrected chi connectivity index (χ2v) is 22.5. The molecule has 2 atom stereocenters. The monoisotopic (exact) mass is 736 g/mol. The molecular formula is C39H52N2O8SSi. The van der Waals surface area contributed by atoms with Gasteiger partial charge in [0.1, 0.15) is 18.4 Å². The molecule has 2 aromatic rings. The Labute approximate surface area is 306 Å². The van der Waals surface area contributed by atoms with Gasteiger partial charge in [0.15, 0.2) is 11.8 Å². The Balaban J connectivity index is 1.46. The Morgan fingerprint density at radius 3 is 2.14 bits per heavy atom. The van der Waals surface area contributed by atoms with Crippen molar-refractivity contribution in [3.63, 3.8) is 0 Å². The van der Waals surface area contributed by atoms with E-state index in [1.165, 1.54) is 0 Å². The van der Waals surface area contributed by atoms with Crippen molar-refractivity contribution in [1.82, 2.24) is 5.32 Å². The minimum Gasteiger partial charge on any atom is -0.511 e. The first-order valence-electron chi connectivity index (χ1n) is 17.6. The van der Waals surface area contributed by atoms with E-state index in [0.29, 0.717) is 18.6 Å². The van der Waals surface area contributed by atoms with E-state index in [1.54, 1.807) is 0 Å². The van der Waals surface area contributed by atoms with Gasteiger partial charge in [0, 0.05) is 38.3 Å². The number of carbonyl (C=O) groups excluding carboxylic acids is 3.